The zero-order chi connectivity index (χ0) is 25.1. The second-order valence-electron chi connectivity index (χ2n) is 8.61. The van der Waals surface area contributed by atoms with E-state index in [0.29, 0.717) is 0 Å². The van der Waals surface area contributed by atoms with Crippen LogP contribution in [-0.2, 0) is 19.1 Å². The SMILES string of the molecule is COC1CN(C(=O)C(CC(F)F)NC(=O)OCC2c3ccccc3-c3ccccc32)CC1C(=O)O. The lowest BCUT2D eigenvalue weighted by molar-refractivity contribution is -0.144. The van der Waals surface area contributed by atoms with Crippen molar-refractivity contribution in [3.63, 3.8) is 0 Å². The van der Waals surface area contributed by atoms with Crippen LogP contribution < -0.4 is 5.32 Å². The molecule has 1 heterocycles. The van der Waals surface area contributed by atoms with Gasteiger partial charge in [-0.1, -0.05) is 48.5 Å². The highest BCUT2D eigenvalue weighted by Crippen LogP contribution is 2.44. The van der Waals surface area contributed by atoms with Crippen LogP contribution in [0.15, 0.2) is 48.5 Å². The fourth-order valence-corrected chi connectivity index (χ4v) is 4.83. The van der Waals surface area contributed by atoms with Crippen LogP contribution >= 0.6 is 0 Å². The molecule has 3 unspecified atom stereocenters. The molecular formula is C25H26F2N2O6. The van der Waals surface area contributed by atoms with Crippen LogP contribution in [0, 0.1) is 5.92 Å². The van der Waals surface area contributed by atoms with Crippen LogP contribution in [0.4, 0.5) is 13.6 Å². The van der Waals surface area contributed by atoms with Crippen molar-refractivity contribution >= 4 is 18.0 Å². The van der Waals surface area contributed by atoms with Gasteiger partial charge in [-0.25, -0.2) is 13.6 Å². The van der Waals surface area contributed by atoms with Crippen molar-refractivity contribution in [3.05, 3.63) is 59.7 Å². The number of fused-ring (bicyclic) bond motifs is 3. The molecule has 1 aliphatic carbocycles. The lowest BCUT2D eigenvalue weighted by Gasteiger charge is -2.24. The van der Waals surface area contributed by atoms with Gasteiger partial charge in [0.25, 0.3) is 0 Å². The van der Waals surface area contributed by atoms with Crippen LogP contribution in [0.5, 0.6) is 0 Å². The largest absolute Gasteiger partial charge is 0.481 e. The third-order valence-corrected chi connectivity index (χ3v) is 6.55. The number of likely N-dealkylation sites (tertiary alicyclic amines) is 1. The van der Waals surface area contributed by atoms with Crippen molar-refractivity contribution in [2.45, 2.75) is 30.9 Å². The summed E-state index contributed by atoms with van der Waals surface area (Å²) >= 11 is 0. The van der Waals surface area contributed by atoms with E-state index in [4.69, 9.17) is 9.47 Å². The Morgan fingerprint density at radius 3 is 2.17 bits per heavy atom. The number of aliphatic carboxylic acids is 1. The summed E-state index contributed by atoms with van der Waals surface area (Å²) in [6.07, 6.45) is -5.55. The molecule has 0 spiro atoms. The van der Waals surface area contributed by atoms with Gasteiger partial charge < -0.3 is 24.8 Å². The Balaban J connectivity index is 1.43. The maximum absolute atomic E-state index is 13.2. The van der Waals surface area contributed by atoms with E-state index < -0.39 is 48.9 Å². The zero-order valence-electron chi connectivity index (χ0n) is 19.0. The summed E-state index contributed by atoms with van der Waals surface area (Å²) in [5, 5.41) is 11.6. The van der Waals surface area contributed by atoms with Crippen LogP contribution in [0.3, 0.4) is 0 Å². The monoisotopic (exact) mass is 488 g/mol. The minimum atomic E-state index is -2.87. The molecule has 2 N–H and O–H groups in total. The summed E-state index contributed by atoms with van der Waals surface area (Å²) < 4.78 is 36.9. The van der Waals surface area contributed by atoms with Gasteiger partial charge in [0.05, 0.1) is 6.10 Å². The smallest absolute Gasteiger partial charge is 0.407 e. The van der Waals surface area contributed by atoms with E-state index in [0.717, 1.165) is 27.2 Å². The average Bonchev–Trinajstić information content (AvgIpc) is 3.41. The maximum Gasteiger partial charge on any atom is 0.407 e. The number of hydrogen-bond acceptors (Lipinski definition) is 5. The number of alkyl carbamates (subject to hydrolysis) is 1. The Hall–Kier alpha value is -3.53. The number of carboxylic acid groups (broad SMARTS) is 1. The zero-order valence-corrected chi connectivity index (χ0v) is 19.0. The number of rotatable bonds is 8. The molecule has 8 nitrogen and oxygen atoms in total. The van der Waals surface area contributed by atoms with Crippen molar-refractivity contribution < 1.29 is 37.7 Å². The first-order chi connectivity index (χ1) is 16.8. The predicted molar refractivity (Wildman–Crippen MR) is 121 cm³/mol. The van der Waals surface area contributed by atoms with E-state index in [1.165, 1.54) is 7.11 Å². The van der Waals surface area contributed by atoms with Gasteiger partial charge in [-0.3, -0.25) is 9.59 Å². The summed E-state index contributed by atoms with van der Waals surface area (Å²) in [4.78, 5) is 38.0. The third-order valence-electron chi connectivity index (χ3n) is 6.55. The van der Waals surface area contributed by atoms with Crippen LogP contribution in [0.2, 0.25) is 0 Å². The molecular weight excluding hydrogens is 462 g/mol. The third kappa shape index (κ3) is 5.12. The highest BCUT2D eigenvalue weighted by molar-refractivity contribution is 5.87. The molecule has 35 heavy (non-hydrogen) atoms. The minimum Gasteiger partial charge on any atom is -0.481 e. The molecule has 2 amide bonds. The standard InChI is InChI=1S/C25H26F2N2O6/c1-34-21-12-29(11-18(21)24(31)32)23(30)20(10-22(26)27)28-25(33)35-13-19-16-8-4-2-6-14(16)15-7-3-5-9-17(15)19/h2-9,18-22H,10-13H2,1H3,(H,28,33)(H,31,32). The highest BCUT2D eigenvalue weighted by atomic mass is 19.3. The number of hydrogen-bond donors (Lipinski definition) is 2. The lowest BCUT2D eigenvalue weighted by Crippen LogP contribution is -2.49. The Morgan fingerprint density at radius 2 is 1.66 bits per heavy atom. The van der Waals surface area contributed by atoms with Gasteiger partial charge in [0, 0.05) is 32.5 Å². The number of carbonyl (C=O) groups is 3. The number of alkyl halides is 2. The van der Waals surface area contributed by atoms with Gasteiger partial charge in [-0.05, 0) is 22.3 Å². The van der Waals surface area contributed by atoms with E-state index in [-0.39, 0.29) is 25.6 Å². The second-order valence-corrected chi connectivity index (χ2v) is 8.61. The summed E-state index contributed by atoms with van der Waals surface area (Å²) in [5.74, 6) is -3.16. The number of carboxylic acids is 1. The molecule has 4 rings (SSSR count). The number of ether oxygens (including phenoxy) is 2. The number of amides is 2. The second kappa shape index (κ2) is 10.4. The summed E-state index contributed by atoms with van der Waals surface area (Å²) in [6.45, 7) is -0.302. The number of halogens is 2. The number of benzene rings is 2. The molecule has 1 aliphatic heterocycles. The normalized spacial score (nSPS) is 19.8. The average molecular weight is 488 g/mol. The molecule has 0 saturated carbocycles. The van der Waals surface area contributed by atoms with E-state index in [9.17, 15) is 28.3 Å². The van der Waals surface area contributed by atoms with Crippen molar-refractivity contribution in [1.82, 2.24) is 10.2 Å². The van der Waals surface area contributed by atoms with E-state index >= 15 is 0 Å². The van der Waals surface area contributed by atoms with Gasteiger partial charge in [0.2, 0.25) is 12.3 Å². The van der Waals surface area contributed by atoms with Gasteiger partial charge in [0.1, 0.15) is 18.6 Å². The number of nitrogens with one attached hydrogen (secondary N) is 1. The molecule has 2 aromatic carbocycles. The first kappa shape index (κ1) is 24.6. The van der Waals surface area contributed by atoms with Crippen LogP contribution in [0.1, 0.15) is 23.5 Å². The molecule has 3 atom stereocenters. The summed E-state index contributed by atoms with van der Waals surface area (Å²) in [5.41, 5.74) is 4.06. The Bertz CT molecular complexity index is 1070. The first-order valence-electron chi connectivity index (χ1n) is 11.2. The summed E-state index contributed by atoms with van der Waals surface area (Å²) in [7, 11) is 1.32. The van der Waals surface area contributed by atoms with Crippen LogP contribution in [-0.4, -0.2) is 73.4 Å². The van der Waals surface area contributed by atoms with Gasteiger partial charge in [-0.15, -0.1) is 0 Å². The van der Waals surface area contributed by atoms with Gasteiger partial charge >= 0.3 is 12.1 Å². The number of nitrogens with zero attached hydrogens (tertiary/aromatic N) is 1. The van der Waals surface area contributed by atoms with E-state index in [1.807, 2.05) is 48.5 Å². The Kier molecular flexibility index (Phi) is 7.30. The Labute approximate surface area is 200 Å². The summed E-state index contributed by atoms with van der Waals surface area (Å²) in [6, 6.07) is 13.9. The molecule has 186 valence electrons. The topological polar surface area (TPSA) is 105 Å². The number of methoxy groups -OCH3 is 1. The van der Waals surface area contributed by atoms with Crippen LogP contribution in [0.25, 0.3) is 11.1 Å². The minimum absolute atomic E-state index is 0.0357. The van der Waals surface area contributed by atoms with E-state index in [1.54, 1.807) is 0 Å². The number of carbonyl (C=O) groups excluding carboxylic acids is 2. The molecule has 2 aliphatic rings. The fourth-order valence-electron chi connectivity index (χ4n) is 4.83. The molecule has 0 radical (unpaired) electrons. The first-order valence-corrected chi connectivity index (χ1v) is 11.2. The predicted octanol–water partition coefficient (Wildman–Crippen LogP) is 3.11. The lowest BCUT2D eigenvalue weighted by atomic mass is 9.98. The van der Waals surface area contributed by atoms with Crippen molar-refractivity contribution in [2.75, 3.05) is 26.8 Å². The molecule has 0 aromatic heterocycles. The molecule has 1 fully saturated rings. The molecule has 10 heteroatoms. The molecule has 1 saturated heterocycles. The van der Waals surface area contributed by atoms with Crippen molar-refractivity contribution in [3.8, 4) is 11.1 Å². The quantitative estimate of drug-likeness (QED) is 0.592. The molecule has 2 aromatic rings. The van der Waals surface area contributed by atoms with Crippen molar-refractivity contribution in [2.24, 2.45) is 5.92 Å². The molecule has 0 bridgehead atoms. The van der Waals surface area contributed by atoms with Crippen molar-refractivity contribution in [1.29, 1.82) is 0 Å². The maximum atomic E-state index is 13.2. The highest BCUT2D eigenvalue weighted by Gasteiger charge is 2.42. The fraction of sp³-hybridized carbons (Fsp3) is 0.400. The Morgan fingerprint density at radius 1 is 1.06 bits per heavy atom. The van der Waals surface area contributed by atoms with Gasteiger partial charge in [0.15, 0.2) is 0 Å². The van der Waals surface area contributed by atoms with Gasteiger partial charge in [-0.2, -0.15) is 0 Å². The van der Waals surface area contributed by atoms with E-state index in [2.05, 4.69) is 5.32 Å².